The summed E-state index contributed by atoms with van der Waals surface area (Å²) in [6.45, 7) is 0. The summed E-state index contributed by atoms with van der Waals surface area (Å²) < 4.78 is 10.1. The number of nitrogen functional groups attached to an aromatic ring is 1. The molecule has 15 heavy (non-hydrogen) atoms. The van der Waals surface area contributed by atoms with Gasteiger partial charge in [-0.15, -0.1) is 0 Å². The van der Waals surface area contributed by atoms with Crippen molar-refractivity contribution in [3.8, 4) is 0 Å². The Kier molecular flexibility index (Phi) is 4.01. The lowest BCUT2D eigenvalue weighted by Crippen LogP contribution is -2.24. The molecule has 0 saturated heterocycles. The van der Waals surface area contributed by atoms with Crippen molar-refractivity contribution in [1.82, 2.24) is 9.97 Å². The molecule has 4 N–H and O–H groups in total. The summed E-state index contributed by atoms with van der Waals surface area (Å²) in [5.74, 6) is 0.239. The van der Waals surface area contributed by atoms with E-state index in [1.165, 1.54) is 14.2 Å². The summed E-state index contributed by atoms with van der Waals surface area (Å²) in [7, 11) is 2.98. The van der Waals surface area contributed by atoms with Gasteiger partial charge in [-0.2, -0.15) is 0 Å². The number of anilines is 1. The zero-order valence-electron chi connectivity index (χ0n) is 8.49. The molecule has 0 atom stereocenters. The zero-order valence-corrected chi connectivity index (χ0v) is 9.31. The topological polar surface area (TPSA) is 93.1 Å². The molecule has 0 amide bonds. The summed E-state index contributed by atoms with van der Waals surface area (Å²) in [5, 5.41) is 0. The lowest BCUT2D eigenvalue weighted by Gasteiger charge is -2.13. The first-order valence-electron chi connectivity index (χ1n) is 4.25. The largest absolute Gasteiger partial charge is 0.385 e. The highest BCUT2D eigenvalue weighted by molar-refractivity contribution is 7.71. The van der Waals surface area contributed by atoms with Gasteiger partial charge in [0, 0.05) is 20.6 Å². The molecule has 0 radical (unpaired) electrons. The van der Waals surface area contributed by atoms with Crippen LogP contribution in [0.25, 0.3) is 0 Å². The molecule has 1 rings (SSSR count). The van der Waals surface area contributed by atoms with Gasteiger partial charge in [0.25, 0.3) is 5.56 Å². The van der Waals surface area contributed by atoms with Gasteiger partial charge in [-0.05, 0) is 12.2 Å². The van der Waals surface area contributed by atoms with E-state index in [1.807, 2.05) is 0 Å². The lowest BCUT2D eigenvalue weighted by atomic mass is 10.2. The molecule has 7 heteroatoms. The third kappa shape index (κ3) is 2.88. The standard InChI is InChI=1S/C8H13N3O3S/c1-13-5(14-2)3-4-6(9)10-8(15)11-7(4)12/h5H,3H2,1-2H3,(H4,9,10,11,12,15). The van der Waals surface area contributed by atoms with Gasteiger partial charge in [-0.1, -0.05) is 0 Å². The smallest absolute Gasteiger partial charge is 0.257 e. The Labute approximate surface area is 91.4 Å². The van der Waals surface area contributed by atoms with Crippen molar-refractivity contribution in [1.29, 1.82) is 0 Å². The van der Waals surface area contributed by atoms with Gasteiger partial charge in [0.2, 0.25) is 0 Å². The Morgan fingerprint density at radius 1 is 1.40 bits per heavy atom. The molecule has 0 spiro atoms. The molecule has 0 aliphatic carbocycles. The molecule has 1 heterocycles. The van der Waals surface area contributed by atoms with E-state index in [1.54, 1.807) is 0 Å². The molecule has 0 bridgehead atoms. The third-order valence-electron chi connectivity index (χ3n) is 1.97. The second-order valence-corrected chi connectivity index (χ2v) is 3.31. The normalized spacial score (nSPS) is 10.9. The molecule has 6 nitrogen and oxygen atoms in total. The van der Waals surface area contributed by atoms with E-state index in [0.29, 0.717) is 5.56 Å². The number of hydrogen-bond acceptors (Lipinski definition) is 5. The van der Waals surface area contributed by atoms with E-state index < -0.39 is 6.29 Å². The fourth-order valence-electron chi connectivity index (χ4n) is 1.16. The number of nitrogens with one attached hydrogen (secondary N) is 2. The monoisotopic (exact) mass is 231 g/mol. The van der Waals surface area contributed by atoms with Crippen LogP contribution in [-0.4, -0.2) is 30.5 Å². The van der Waals surface area contributed by atoms with Crippen molar-refractivity contribution in [3.63, 3.8) is 0 Å². The Hall–Kier alpha value is -1.18. The Morgan fingerprint density at radius 2 is 2.00 bits per heavy atom. The highest BCUT2D eigenvalue weighted by Gasteiger charge is 2.13. The van der Waals surface area contributed by atoms with Gasteiger partial charge >= 0.3 is 0 Å². The number of ether oxygens (including phenoxy) is 2. The summed E-state index contributed by atoms with van der Waals surface area (Å²) >= 11 is 4.76. The number of rotatable bonds is 4. The SMILES string of the molecule is COC(Cc1c(N)[nH]c(=S)[nH]c1=O)OC. The van der Waals surface area contributed by atoms with Crippen molar-refractivity contribution in [2.24, 2.45) is 0 Å². The zero-order chi connectivity index (χ0) is 11.4. The number of aromatic amines is 2. The highest BCUT2D eigenvalue weighted by Crippen LogP contribution is 2.07. The summed E-state index contributed by atoms with van der Waals surface area (Å²) in [6, 6.07) is 0. The van der Waals surface area contributed by atoms with Crippen LogP contribution in [0.15, 0.2) is 4.79 Å². The average molecular weight is 231 g/mol. The van der Waals surface area contributed by atoms with E-state index in [-0.39, 0.29) is 22.6 Å². The molecule has 0 saturated carbocycles. The van der Waals surface area contributed by atoms with Crippen molar-refractivity contribution >= 4 is 18.0 Å². The lowest BCUT2D eigenvalue weighted by molar-refractivity contribution is -0.100. The number of aromatic nitrogens is 2. The quantitative estimate of drug-likeness (QED) is 0.507. The van der Waals surface area contributed by atoms with Crippen LogP contribution < -0.4 is 11.3 Å². The molecular formula is C8H13N3O3S. The maximum Gasteiger partial charge on any atom is 0.257 e. The van der Waals surface area contributed by atoms with Gasteiger partial charge in [-0.25, -0.2) is 0 Å². The van der Waals surface area contributed by atoms with Crippen LogP contribution >= 0.6 is 12.2 Å². The highest BCUT2D eigenvalue weighted by atomic mass is 32.1. The van der Waals surface area contributed by atoms with Crippen LogP contribution in [0.2, 0.25) is 0 Å². The molecule has 0 fully saturated rings. The Morgan fingerprint density at radius 3 is 2.47 bits per heavy atom. The van der Waals surface area contributed by atoms with E-state index in [2.05, 4.69) is 9.97 Å². The number of hydrogen-bond donors (Lipinski definition) is 3. The Balaban J connectivity index is 3.04. The predicted octanol–water partition coefficient (Wildman–Crippen LogP) is 0.176. The van der Waals surface area contributed by atoms with Crippen LogP contribution in [0.4, 0.5) is 5.82 Å². The number of H-pyrrole nitrogens is 2. The van der Waals surface area contributed by atoms with E-state index >= 15 is 0 Å². The van der Waals surface area contributed by atoms with Crippen molar-refractivity contribution in [3.05, 3.63) is 20.7 Å². The van der Waals surface area contributed by atoms with E-state index in [4.69, 9.17) is 27.4 Å². The first-order chi connectivity index (χ1) is 7.08. The fraction of sp³-hybridized carbons (Fsp3) is 0.500. The first kappa shape index (κ1) is 11.9. The van der Waals surface area contributed by atoms with Crippen molar-refractivity contribution < 1.29 is 9.47 Å². The van der Waals surface area contributed by atoms with Gasteiger partial charge < -0.3 is 20.2 Å². The predicted molar refractivity (Wildman–Crippen MR) is 58.2 cm³/mol. The first-order valence-corrected chi connectivity index (χ1v) is 4.65. The Bertz CT molecular complexity index is 435. The minimum atomic E-state index is -0.502. The van der Waals surface area contributed by atoms with Crippen LogP contribution in [0, 0.1) is 4.77 Å². The van der Waals surface area contributed by atoms with Gasteiger partial charge in [0.05, 0.1) is 5.56 Å². The van der Waals surface area contributed by atoms with Crippen LogP contribution in [0.3, 0.4) is 0 Å². The van der Waals surface area contributed by atoms with Gasteiger partial charge in [0.1, 0.15) is 5.82 Å². The van der Waals surface area contributed by atoms with Crippen LogP contribution in [0.1, 0.15) is 5.56 Å². The van der Waals surface area contributed by atoms with Gasteiger partial charge in [0.15, 0.2) is 11.1 Å². The van der Waals surface area contributed by atoms with Crippen LogP contribution in [-0.2, 0) is 15.9 Å². The molecule has 0 unspecified atom stereocenters. The summed E-state index contributed by atoms with van der Waals surface area (Å²) in [6.07, 6.45) is -0.238. The minimum Gasteiger partial charge on any atom is -0.385 e. The van der Waals surface area contributed by atoms with Gasteiger partial charge in [-0.3, -0.25) is 9.78 Å². The maximum atomic E-state index is 11.5. The second-order valence-electron chi connectivity index (χ2n) is 2.91. The molecule has 0 aromatic carbocycles. The maximum absolute atomic E-state index is 11.5. The number of methoxy groups -OCH3 is 2. The van der Waals surface area contributed by atoms with Crippen molar-refractivity contribution in [2.45, 2.75) is 12.7 Å². The molecule has 84 valence electrons. The molecule has 1 aromatic heterocycles. The second kappa shape index (κ2) is 5.06. The third-order valence-corrected chi connectivity index (χ3v) is 2.18. The summed E-state index contributed by atoms with van der Waals surface area (Å²) in [4.78, 5) is 16.6. The molecule has 1 aromatic rings. The average Bonchev–Trinajstić information content (AvgIpc) is 2.17. The molecule has 0 aliphatic rings. The molecular weight excluding hydrogens is 218 g/mol. The van der Waals surface area contributed by atoms with E-state index in [9.17, 15) is 4.79 Å². The molecule has 0 aliphatic heterocycles. The summed E-state index contributed by atoms with van der Waals surface area (Å²) in [5.41, 5.74) is 5.68. The van der Waals surface area contributed by atoms with Crippen molar-refractivity contribution in [2.75, 3.05) is 20.0 Å². The van der Waals surface area contributed by atoms with Crippen LogP contribution in [0.5, 0.6) is 0 Å². The minimum absolute atomic E-state index is 0.202. The number of nitrogens with two attached hydrogens (primary N) is 1. The fourth-order valence-corrected chi connectivity index (χ4v) is 1.36. The van der Waals surface area contributed by atoms with E-state index in [0.717, 1.165) is 0 Å².